The lowest BCUT2D eigenvalue weighted by Crippen LogP contribution is -2.15. The van der Waals surface area contributed by atoms with Gasteiger partial charge in [-0.05, 0) is 31.7 Å². The maximum Gasteiger partial charge on any atom is 0.230 e. The van der Waals surface area contributed by atoms with Gasteiger partial charge in [-0.1, -0.05) is 25.8 Å². The maximum atomic E-state index is 12.9. The van der Waals surface area contributed by atoms with E-state index >= 15 is 0 Å². The number of nitrogens with two attached hydrogens (primary N) is 1. The lowest BCUT2D eigenvalue weighted by molar-refractivity contribution is -0.117. The van der Waals surface area contributed by atoms with E-state index < -0.39 is 18.0 Å². The molecule has 0 radical (unpaired) electrons. The predicted molar refractivity (Wildman–Crippen MR) is 100.0 cm³/mol. The fraction of sp³-hybridized carbons (Fsp3) is 0.316. The van der Waals surface area contributed by atoms with E-state index in [4.69, 9.17) is 6.42 Å². The van der Waals surface area contributed by atoms with Crippen molar-refractivity contribution in [2.75, 3.05) is 12.4 Å². The molecule has 6 nitrogen and oxygen atoms in total. The van der Waals surface area contributed by atoms with Crippen LogP contribution in [0.25, 0.3) is 5.69 Å². The standard InChI is InChI=1S/C16H12FN3O2.C2H6.CH5N/c1-2-10-4-3-5-11(6-10)20-8-14(15(9-21)19-20)18-16(22)12-7-13(12)17;2*1-2/h1,3-6,8-9,12-13H,7H2,(H,18,22);1-2H3;2H2,1H3/t12-,13?;;/m0../s1. The lowest BCUT2D eigenvalue weighted by Gasteiger charge is -2.02. The number of benzene rings is 1. The summed E-state index contributed by atoms with van der Waals surface area (Å²) in [5.41, 5.74) is 6.17. The van der Waals surface area contributed by atoms with E-state index in [0.717, 1.165) is 0 Å². The number of nitrogens with zero attached hydrogens (tertiary/aromatic N) is 2. The zero-order valence-corrected chi connectivity index (χ0v) is 15.1. The summed E-state index contributed by atoms with van der Waals surface area (Å²) in [5, 5.41) is 6.64. The van der Waals surface area contributed by atoms with Crippen LogP contribution >= 0.6 is 0 Å². The van der Waals surface area contributed by atoms with Gasteiger partial charge >= 0.3 is 0 Å². The number of carbonyl (C=O) groups excluding carboxylic acids is 2. The third kappa shape index (κ3) is 5.01. The highest BCUT2D eigenvalue weighted by molar-refractivity contribution is 5.98. The van der Waals surface area contributed by atoms with Gasteiger partial charge < -0.3 is 11.1 Å². The molecule has 0 aliphatic heterocycles. The zero-order chi connectivity index (χ0) is 19.7. The lowest BCUT2D eigenvalue weighted by atomic mass is 10.2. The molecule has 2 aromatic rings. The van der Waals surface area contributed by atoms with Gasteiger partial charge in [-0.3, -0.25) is 9.59 Å². The molecule has 1 amide bonds. The number of aldehydes is 1. The number of hydrogen-bond donors (Lipinski definition) is 2. The predicted octanol–water partition coefficient (Wildman–Crippen LogP) is 2.56. The highest BCUT2D eigenvalue weighted by atomic mass is 19.1. The van der Waals surface area contributed by atoms with E-state index in [9.17, 15) is 14.0 Å². The van der Waals surface area contributed by atoms with Crippen LogP contribution in [0.2, 0.25) is 0 Å². The van der Waals surface area contributed by atoms with Crippen molar-refractivity contribution in [3.05, 3.63) is 41.7 Å². The van der Waals surface area contributed by atoms with Gasteiger partial charge in [0.15, 0.2) is 6.29 Å². The largest absolute Gasteiger partial charge is 0.333 e. The molecular weight excluding hydrogens is 335 g/mol. The molecule has 0 saturated heterocycles. The van der Waals surface area contributed by atoms with Crippen LogP contribution in [-0.4, -0.2) is 35.2 Å². The summed E-state index contributed by atoms with van der Waals surface area (Å²) in [6.45, 7) is 4.00. The molecule has 3 N–H and O–H groups in total. The van der Waals surface area contributed by atoms with Crippen LogP contribution in [0.3, 0.4) is 0 Å². The molecule has 1 aromatic heterocycles. The molecule has 7 heteroatoms. The average molecular weight is 358 g/mol. The second-order valence-electron chi connectivity index (χ2n) is 5.03. The first-order valence-electron chi connectivity index (χ1n) is 8.27. The van der Waals surface area contributed by atoms with Gasteiger partial charge in [0.1, 0.15) is 11.9 Å². The molecule has 0 spiro atoms. The topological polar surface area (TPSA) is 90.0 Å². The van der Waals surface area contributed by atoms with Crippen LogP contribution in [0.4, 0.5) is 10.1 Å². The van der Waals surface area contributed by atoms with Crippen LogP contribution in [0, 0.1) is 18.3 Å². The Labute approximate surface area is 152 Å². The minimum Gasteiger partial charge on any atom is -0.333 e. The maximum absolute atomic E-state index is 12.9. The molecule has 1 aliphatic rings. The summed E-state index contributed by atoms with van der Waals surface area (Å²) < 4.78 is 14.3. The van der Waals surface area contributed by atoms with Crippen molar-refractivity contribution >= 4 is 17.9 Å². The van der Waals surface area contributed by atoms with E-state index in [-0.39, 0.29) is 17.8 Å². The Bertz CT molecular complexity index is 795. The van der Waals surface area contributed by atoms with Crippen LogP contribution in [0.15, 0.2) is 30.5 Å². The molecule has 26 heavy (non-hydrogen) atoms. The summed E-state index contributed by atoms with van der Waals surface area (Å²) >= 11 is 0. The van der Waals surface area contributed by atoms with Gasteiger partial charge in [0.05, 0.1) is 23.5 Å². The molecule has 1 unspecified atom stereocenters. The molecule has 3 rings (SSSR count). The smallest absolute Gasteiger partial charge is 0.230 e. The van der Waals surface area contributed by atoms with Crippen molar-refractivity contribution in [2.24, 2.45) is 11.7 Å². The van der Waals surface area contributed by atoms with Crippen LogP contribution in [0.5, 0.6) is 0 Å². The molecular formula is C19H23FN4O2. The first-order valence-corrected chi connectivity index (χ1v) is 8.27. The third-order valence-corrected chi connectivity index (χ3v) is 3.44. The third-order valence-electron chi connectivity index (χ3n) is 3.44. The van der Waals surface area contributed by atoms with Gasteiger partial charge in [-0.25, -0.2) is 9.07 Å². The Kier molecular flexibility index (Phi) is 8.19. The summed E-state index contributed by atoms with van der Waals surface area (Å²) in [7, 11) is 1.50. The quantitative estimate of drug-likeness (QED) is 0.649. The summed E-state index contributed by atoms with van der Waals surface area (Å²) in [5.74, 6) is 1.44. The van der Waals surface area contributed by atoms with Crippen molar-refractivity contribution in [2.45, 2.75) is 26.4 Å². The molecule has 1 fully saturated rings. The SMILES string of the molecule is C#Cc1cccc(-n2cc(NC(=O)[C@H]3CC3F)c(C=O)n2)c1.CC.CN. The number of halogens is 1. The van der Waals surface area contributed by atoms with E-state index in [0.29, 0.717) is 17.5 Å². The molecule has 1 heterocycles. The Morgan fingerprint density at radius 2 is 2.12 bits per heavy atom. The highest BCUT2D eigenvalue weighted by Gasteiger charge is 2.43. The normalized spacial score (nSPS) is 16.8. The van der Waals surface area contributed by atoms with Crippen molar-refractivity contribution in [3.63, 3.8) is 0 Å². The fourth-order valence-corrected chi connectivity index (χ4v) is 2.10. The number of aromatic nitrogens is 2. The number of rotatable bonds is 4. The Morgan fingerprint density at radius 3 is 2.65 bits per heavy atom. The summed E-state index contributed by atoms with van der Waals surface area (Å²) in [4.78, 5) is 22.9. The number of hydrogen-bond acceptors (Lipinski definition) is 4. The first kappa shape index (κ1) is 21.1. The second kappa shape index (κ2) is 10.1. The average Bonchev–Trinajstić information content (AvgIpc) is 3.30. The zero-order valence-electron chi connectivity index (χ0n) is 15.1. The number of amides is 1. The number of alkyl halides is 1. The van der Waals surface area contributed by atoms with E-state index in [1.807, 2.05) is 13.8 Å². The van der Waals surface area contributed by atoms with Crippen molar-refractivity contribution in [3.8, 4) is 18.0 Å². The highest BCUT2D eigenvalue weighted by Crippen LogP contribution is 2.35. The number of nitrogens with one attached hydrogen (secondary N) is 1. The summed E-state index contributed by atoms with van der Waals surface area (Å²) in [6, 6.07) is 7.03. The number of anilines is 1. The summed E-state index contributed by atoms with van der Waals surface area (Å²) in [6.07, 6.45) is 6.52. The Balaban J connectivity index is 0.000000791. The van der Waals surface area contributed by atoms with Gasteiger partial charge in [-0.15, -0.1) is 6.42 Å². The Hall–Kier alpha value is -2.98. The molecule has 0 bridgehead atoms. The van der Waals surface area contributed by atoms with Gasteiger partial charge in [0, 0.05) is 5.56 Å². The van der Waals surface area contributed by atoms with E-state index in [1.54, 1.807) is 24.3 Å². The second-order valence-corrected chi connectivity index (χ2v) is 5.03. The molecule has 1 saturated carbocycles. The van der Waals surface area contributed by atoms with Gasteiger partial charge in [0.25, 0.3) is 0 Å². The molecule has 1 aliphatic carbocycles. The van der Waals surface area contributed by atoms with Crippen LogP contribution in [-0.2, 0) is 4.79 Å². The van der Waals surface area contributed by atoms with Crippen molar-refractivity contribution in [1.82, 2.24) is 9.78 Å². The number of terminal acetylenes is 1. The molecule has 2 atom stereocenters. The fourth-order valence-electron chi connectivity index (χ4n) is 2.10. The molecule has 138 valence electrons. The minimum atomic E-state index is -1.10. The Morgan fingerprint density at radius 1 is 1.46 bits per heavy atom. The van der Waals surface area contributed by atoms with Gasteiger partial charge in [-0.2, -0.15) is 5.10 Å². The van der Waals surface area contributed by atoms with Gasteiger partial charge in [0.2, 0.25) is 5.91 Å². The molecule has 1 aromatic carbocycles. The van der Waals surface area contributed by atoms with Crippen LogP contribution in [0.1, 0.15) is 36.3 Å². The van der Waals surface area contributed by atoms with E-state index in [1.165, 1.54) is 17.9 Å². The monoisotopic (exact) mass is 358 g/mol. The van der Waals surface area contributed by atoms with Crippen LogP contribution < -0.4 is 11.1 Å². The minimum absolute atomic E-state index is 0.0792. The van der Waals surface area contributed by atoms with Crippen molar-refractivity contribution in [1.29, 1.82) is 0 Å². The number of carbonyl (C=O) groups is 2. The van der Waals surface area contributed by atoms with E-state index in [2.05, 4.69) is 22.1 Å². The van der Waals surface area contributed by atoms with Crippen molar-refractivity contribution < 1.29 is 14.0 Å². The first-order chi connectivity index (χ1) is 12.6.